The van der Waals surface area contributed by atoms with E-state index in [0.717, 1.165) is 5.69 Å². The molecule has 70 valence electrons. The van der Waals surface area contributed by atoms with E-state index in [1.54, 1.807) is 7.05 Å². The van der Waals surface area contributed by atoms with Crippen molar-refractivity contribution in [1.29, 1.82) is 0 Å². The molecule has 0 aliphatic rings. The molecule has 0 unspecified atom stereocenters. The van der Waals surface area contributed by atoms with Crippen LogP contribution < -0.4 is 5.32 Å². The lowest BCUT2D eigenvalue weighted by atomic mass is 10.2. The van der Waals surface area contributed by atoms with Crippen LogP contribution >= 0.6 is 27.5 Å². The average molecular weight is 264 g/mol. The Morgan fingerprint density at radius 2 is 2.31 bits per heavy atom. The standard InChI is InChI=1S/C8H8BrClN2O/c1-4-6(9)7(10)5(3-12-4)8(13)11-2/h3H,1-2H3,(H,11,13). The van der Waals surface area contributed by atoms with Gasteiger partial charge < -0.3 is 5.32 Å². The lowest BCUT2D eigenvalue weighted by Crippen LogP contribution is -2.18. The number of carbonyl (C=O) groups excluding carboxylic acids is 1. The minimum Gasteiger partial charge on any atom is -0.355 e. The molecule has 0 aliphatic heterocycles. The van der Waals surface area contributed by atoms with Gasteiger partial charge in [0.2, 0.25) is 0 Å². The minimum absolute atomic E-state index is 0.238. The van der Waals surface area contributed by atoms with E-state index in [1.807, 2.05) is 6.92 Å². The van der Waals surface area contributed by atoms with Gasteiger partial charge >= 0.3 is 0 Å². The molecule has 0 radical (unpaired) electrons. The molecule has 1 aromatic rings. The van der Waals surface area contributed by atoms with Crippen LogP contribution in [0, 0.1) is 6.92 Å². The molecule has 1 amide bonds. The predicted octanol–water partition coefficient (Wildman–Crippen LogP) is 2.17. The Morgan fingerprint density at radius 1 is 1.69 bits per heavy atom. The van der Waals surface area contributed by atoms with Crippen molar-refractivity contribution < 1.29 is 4.79 Å². The van der Waals surface area contributed by atoms with Gasteiger partial charge in [-0.1, -0.05) is 11.6 Å². The van der Waals surface area contributed by atoms with E-state index < -0.39 is 0 Å². The maximum absolute atomic E-state index is 11.2. The third kappa shape index (κ3) is 2.00. The summed E-state index contributed by atoms with van der Waals surface area (Å²) in [6.45, 7) is 1.81. The van der Waals surface area contributed by atoms with E-state index in [4.69, 9.17) is 11.6 Å². The van der Waals surface area contributed by atoms with E-state index >= 15 is 0 Å². The summed E-state index contributed by atoms with van der Waals surface area (Å²) in [6.07, 6.45) is 1.46. The molecular formula is C8H8BrClN2O. The molecule has 0 saturated carbocycles. The van der Waals surface area contributed by atoms with E-state index in [9.17, 15) is 4.79 Å². The fraction of sp³-hybridized carbons (Fsp3) is 0.250. The summed E-state index contributed by atoms with van der Waals surface area (Å²) in [5.74, 6) is -0.238. The van der Waals surface area contributed by atoms with Crippen LogP contribution in [0.2, 0.25) is 5.02 Å². The number of amides is 1. The third-order valence-corrected chi connectivity index (χ3v) is 3.20. The first-order valence-electron chi connectivity index (χ1n) is 3.60. The number of hydrogen-bond acceptors (Lipinski definition) is 2. The normalized spacial score (nSPS) is 9.85. The smallest absolute Gasteiger partial charge is 0.254 e. The van der Waals surface area contributed by atoms with Gasteiger partial charge in [0, 0.05) is 13.2 Å². The summed E-state index contributed by atoms with van der Waals surface area (Å²) < 4.78 is 0.662. The van der Waals surface area contributed by atoms with Crippen molar-refractivity contribution in [2.24, 2.45) is 0 Å². The zero-order chi connectivity index (χ0) is 10.0. The molecule has 0 aliphatic carbocycles. The zero-order valence-electron chi connectivity index (χ0n) is 7.19. The summed E-state index contributed by atoms with van der Waals surface area (Å²) in [6, 6.07) is 0. The molecule has 0 fully saturated rings. The molecule has 0 spiro atoms. The lowest BCUT2D eigenvalue weighted by molar-refractivity contribution is 0.0963. The van der Waals surface area contributed by atoms with Gasteiger partial charge in [-0.25, -0.2) is 0 Å². The fourth-order valence-electron chi connectivity index (χ4n) is 0.845. The number of nitrogens with zero attached hydrogens (tertiary/aromatic N) is 1. The Balaban J connectivity index is 3.26. The van der Waals surface area contributed by atoms with E-state index in [1.165, 1.54) is 6.20 Å². The minimum atomic E-state index is -0.238. The molecule has 1 heterocycles. The van der Waals surface area contributed by atoms with Crippen LogP contribution in [0.25, 0.3) is 0 Å². The van der Waals surface area contributed by atoms with Crippen LogP contribution in [0.15, 0.2) is 10.7 Å². The summed E-state index contributed by atoms with van der Waals surface area (Å²) in [7, 11) is 1.55. The number of carbonyl (C=O) groups is 1. The Hall–Kier alpha value is -0.610. The second kappa shape index (κ2) is 4.07. The highest BCUT2D eigenvalue weighted by Crippen LogP contribution is 2.27. The number of aryl methyl sites for hydroxylation is 1. The van der Waals surface area contributed by atoms with Gasteiger partial charge in [0.05, 0.1) is 20.8 Å². The van der Waals surface area contributed by atoms with Crippen LogP contribution in [0.1, 0.15) is 16.1 Å². The fourth-order valence-corrected chi connectivity index (χ4v) is 1.43. The largest absolute Gasteiger partial charge is 0.355 e. The molecule has 0 bridgehead atoms. The molecule has 0 saturated heterocycles. The molecule has 3 nitrogen and oxygen atoms in total. The van der Waals surface area contributed by atoms with Gasteiger partial charge in [-0.3, -0.25) is 9.78 Å². The predicted molar refractivity (Wildman–Crippen MR) is 55.1 cm³/mol. The number of aromatic nitrogens is 1. The van der Waals surface area contributed by atoms with Crippen molar-refractivity contribution in [3.8, 4) is 0 Å². The first-order chi connectivity index (χ1) is 6.07. The third-order valence-electron chi connectivity index (χ3n) is 1.61. The number of hydrogen-bond donors (Lipinski definition) is 1. The van der Waals surface area contributed by atoms with Gasteiger partial charge in [-0.05, 0) is 22.9 Å². The van der Waals surface area contributed by atoms with Crippen LogP contribution in [-0.2, 0) is 0 Å². The van der Waals surface area contributed by atoms with Gasteiger partial charge in [-0.15, -0.1) is 0 Å². The number of pyridine rings is 1. The van der Waals surface area contributed by atoms with Crippen molar-refractivity contribution >= 4 is 33.4 Å². The van der Waals surface area contributed by atoms with Crippen molar-refractivity contribution in [2.75, 3.05) is 7.05 Å². The first-order valence-corrected chi connectivity index (χ1v) is 4.77. The van der Waals surface area contributed by atoms with E-state index in [-0.39, 0.29) is 5.91 Å². The Labute approximate surface area is 89.6 Å². The lowest BCUT2D eigenvalue weighted by Gasteiger charge is -2.05. The molecule has 1 aromatic heterocycles. The number of halogens is 2. The summed E-state index contributed by atoms with van der Waals surface area (Å²) in [4.78, 5) is 15.3. The van der Waals surface area contributed by atoms with Crippen LogP contribution in [0.5, 0.6) is 0 Å². The SMILES string of the molecule is CNC(=O)c1cnc(C)c(Br)c1Cl. The zero-order valence-corrected chi connectivity index (χ0v) is 9.53. The van der Waals surface area contributed by atoms with Crippen molar-refractivity contribution in [1.82, 2.24) is 10.3 Å². The topological polar surface area (TPSA) is 42.0 Å². The monoisotopic (exact) mass is 262 g/mol. The molecule has 0 atom stereocenters. The van der Waals surface area contributed by atoms with Crippen LogP contribution in [-0.4, -0.2) is 17.9 Å². The van der Waals surface area contributed by atoms with Crippen LogP contribution in [0.3, 0.4) is 0 Å². The quantitative estimate of drug-likeness (QED) is 0.844. The summed E-state index contributed by atoms with van der Waals surface area (Å²) in [5, 5.41) is 2.88. The highest BCUT2D eigenvalue weighted by atomic mass is 79.9. The average Bonchev–Trinajstić information content (AvgIpc) is 2.13. The van der Waals surface area contributed by atoms with Gasteiger partial charge in [0.25, 0.3) is 5.91 Å². The second-order valence-corrected chi connectivity index (χ2v) is 3.64. The second-order valence-electron chi connectivity index (χ2n) is 2.46. The first kappa shape index (κ1) is 10.5. The molecule has 13 heavy (non-hydrogen) atoms. The number of rotatable bonds is 1. The van der Waals surface area contributed by atoms with Crippen LogP contribution in [0.4, 0.5) is 0 Å². The Kier molecular flexibility index (Phi) is 3.27. The molecule has 0 aromatic carbocycles. The van der Waals surface area contributed by atoms with Gasteiger partial charge in [0.15, 0.2) is 0 Å². The number of nitrogens with one attached hydrogen (secondary N) is 1. The molecular weight excluding hydrogens is 255 g/mol. The summed E-state index contributed by atoms with van der Waals surface area (Å²) in [5.41, 5.74) is 1.14. The Morgan fingerprint density at radius 3 is 2.85 bits per heavy atom. The van der Waals surface area contributed by atoms with Crippen molar-refractivity contribution in [3.05, 3.63) is 26.9 Å². The molecule has 1 rings (SSSR count). The highest BCUT2D eigenvalue weighted by molar-refractivity contribution is 9.10. The van der Waals surface area contributed by atoms with E-state index in [0.29, 0.717) is 15.1 Å². The maximum atomic E-state index is 11.2. The van der Waals surface area contributed by atoms with Gasteiger partial charge in [0.1, 0.15) is 0 Å². The van der Waals surface area contributed by atoms with Gasteiger partial charge in [-0.2, -0.15) is 0 Å². The maximum Gasteiger partial charge on any atom is 0.254 e. The Bertz CT molecular complexity index is 354. The van der Waals surface area contributed by atoms with E-state index in [2.05, 4.69) is 26.2 Å². The van der Waals surface area contributed by atoms with Crippen molar-refractivity contribution in [3.63, 3.8) is 0 Å². The van der Waals surface area contributed by atoms with Crippen molar-refractivity contribution in [2.45, 2.75) is 6.92 Å². The molecule has 5 heteroatoms. The molecule has 1 N–H and O–H groups in total. The highest BCUT2D eigenvalue weighted by Gasteiger charge is 2.13. The summed E-state index contributed by atoms with van der Waals surface area (Å²) >= 11 is 9.18.